The molecule has 1 saturated heterocycles. The van der Waals surface area contributed by atoms with Gasteiger partial charge < -0.3 is 15.0 Å². The molecule has 0 atom stereocenters. The smallest absolute Gasteiger partial charge is 0.255 e. The first-order chi connectivity index (χ1) is 12.4. The summed E-state index contributed by atoms with van der Waals surface area (Å²) in [4.78, 5) is 30.9. The minimum Gasteiger partial charge on any atom is -0.378 e. The summed E-state index contributed by atoms with van der Waals surface area (Å²) in [5.41, 5.74) is 0.00360. The number of hydrogen-bond donors (Lipinski definition) is 1. The fourth-order valence-corrected chi connectivity index (χ4v) is 2.68. The van der Waals surface area contributed by atoms with Crippen LogP contribution < -0.4 is 15.8 Å². The number of carbonyl (C=O) groups excluding carboxylic acids is 1. The van der Waals surface area contributed by atoms with Gasteiger partial charge in [0.15, 0.2) is 0 Å². The molecule has 2 aromatic rings. The Morgan fingerprint density at radius 2 is 2.00 bits per heavy atom. The second kappa shape index (κ2) is 7.61. The summed E-state index contributed by atoms with van der Waals surface area (Å²) in [6, 6.07) is 4.17. The van der Waals surface area contributed by atoms with Gasteiger partial charge in [-0.3, -0.25) is 14.2 Å². The van der Waals surface area contributed by atoms with Crippen molar-refractivity contribution in [3.05, 3.63) is 51.9 Å². The maximum Gasteiger partial charge on any atom is 0.255 e. The van der Waals surface area contributed by atoms with Crippen LogP contribution in [0.1, 0.15) is 5.69 Å². The van der Waals surface area contributed by atoms with Crippen LogP contribution in [0.2, 0.25) is 0 Å². The van der Waals surface area contributed by atoms with E-state index in [4.69, 9.17) is 4.74 Å². The summed E-state index contributed by atoms with van der Waals surface area (Å²) < 4.78 is 33.2. The number of nitrogens with zero attached hydrogens (tertiary/aromatic N) is 3. The Morgan fingerprint density at radius 3 is 2.69 bits per heavy atom. The van der Waals surface area contributed by atoms with Gasteiger partial charge in [0.1, 0.15) is 18.2 Å². The van der Waals surface area contributed by atoms with Crippen LogP contribution >= 0.6 is 0 Å². The van der Waals surface area contributed by atoms with Crippen LogP contribution in [-0.2, 0) is 16.1 Å². The average Bonchev–Trinajstić information content (AvgIpc) is 2.60. The van der Waals surface area contributed by atoms with Crippen LogP contribution in [0.25, 0.3) is 0 Å². The number of amides is 1. The third-order valence-electron chi connectivity index (χ3n) is 3.92. The van der Waals surface area contributed by atoms with Crippen LogP contribution in [-0.4, -0.2) is 41.8 Å². The molecule has 1 N–H and O–H groups in total. The molecule has 138 valence electrons. The van der Waals surface area contributed by atoms with E-state index in [1.165, 1.54) is 10.6 Å². The molecular formula is C17H18F2N4O3. The first kappa shape index (κ1) is 18.0. The fourth-order valence-electron chi connectivity index (χ4n) is 2.68. The molecule has 0 unspecified atom stereocenters. The van der Waals surface area contributed by atoms with Gasteiger partial charge in [-0.15, -0.1) is 0 Å². The zero-order valence-corrected chi connectivity index (χ0v) is 14.2. The molecule has 1 aliphatic rings. The van der Waals surface area contributed by atoms with Gasteiger partial charge in [-0.25, -0.2) is 13.8 Å². The molecule has 1 amide bonds. The molecule has 0 radical (unpaired) electrons. The predicted molar refractivity (Wildman–Crippen MR) is 91.3 cm³/mol. The minimum absolute atomic E-state index is 0.155. The zero-order chi connectivity index (χ0) is 18.7. The number of anilines is 2. The molecule has 1 aliphatic heterocycles. The molecule has 0 aliphatic carbocycles. The second-order valence-electron chi connectivity index (χ2n) is 5.89. The van der Waals surface area contributed by atoms with E-state index >= 15 is 0 Å². The van der Waals surface area contributed by atoms with E-state index < -0.39 is 17.5 Å². The molecule has 26 heavy (non-hydrogen) atoms. The lowest BCUT2D eigenvalue weighted by molar-refractivity contribution is -0.116. The van der Waals surface area contributed by atoms with Gasteiger partial charge in [0, 0.05) is 30.9 Å². The van der Waals surface area contributed by atoms with Gasteiger partial charge in [0.05, 0.1) is 18.9 Å². The van der Waals surface area contributed by atoms with Gasteiger partial charge in [0.2, 0.25) is 11.9 Å². The van der Waals surface area contributed by atoms with Crippen LogP contribution in [0.3, 0.4) is 0 Å². The summed E-state index contributed by atoms with van der Waals surface area (Å²) in [6.07, 6.45) is 0. The number of carbonyl (C=O) groups is 1. The Morgan fingerprint density at radius 1 is 1.27 bits per heavy atom. The van der Waals surface area contributed by atoms with E-state index in [-0.39, 0.29) is 17.8 Å². The number of halogens is 2. The highest BCUT2D eigenvalue weighted by molar-refractivity contribution is 5.90. The maximum absolute atomic E-state index is 13.7. The molecule has 1 fully saturated rings. The molecule has 2 heterocycles. The Hall–Kier alpha value is -2.81. The van der Waals surface area contributed by atoms with E-state index in [0.29, 0.717) is 44.0 Å². The summed E-state index contributed by atoms with van der Waals surface area (Å²) in [7, 11) is 0. The van der Waals surface area contributed by atoms with Crippen molar-refractivity contribution in [2.24, 2.45) is 0 Å². The number of morpholine rings is 1. The molecule has 3 rings (SSSR count). The Kier molecular flexibility index (Phi) is 5.27. The molecule has 1 aromatic heterocycles. The van der Waals surface area contributed by atoms with Crippen molar-refractivity contribution in [3.63, 3.8) is 0 Å². The lowest BCUT2D eigenvalue weighted by Crippen LogP contribution is -2.41. The van der Waals surface area contributed by atoms with Gasteiger partial charge in [-0.1, -0.05) is 0 Å². The maximum atomic E-state index is 13.7. The van der Waals surface area contributed by atoms with E-state index in [1.54, 1.807) is 6.92 Å². The quantitative estimate of drug-likeness (QED) is 0.885. The number of benzene rings is 1. The second-order valence-corrected chi connectivity index (χ2v) is 5.89. The Bertz CT molecular complexity index is 879. The Labute approximate surface area is 148 Å². The number of nitrogens with one attached hydrogen (secondary N) is 1. The van der Waals surface area contributed by atoms with Crippen LogP contribution in [0, 0.1) is 18.6 Å². The van der Waals surface area contributed by atoms with Crippen molar-refractivity contribution in [1.82, 2.24) is 9.55 Å². The zero-order valence-electron chi connectivity index (χ0n) is 14.2. The lowest BCUT2D eigenvalue weighted by atomic mass is 10.3. The fraction of sp³-hybridized carbons (Fsp3) is 0.353. The van der Waals surface area contributed by atoms with Crippen molar-refractivity contribution in [1.29, 1.82) is 0 Å². The van der Waals surface area contributed by atoms with Crippen LogP contribution in [0.5, 0.6) is 0 Å². The van der Waals surface area contributed by atoms with Gasteiger partial charge in [0.25, 0.3) is 5.56 Å². The highest BCUT2D eigenvalue weighted by atomic mass is 19.1. The summed E-state index contributed by atoms with van der Waals surface area (Å²) in [5.74, 6) is -1.87. The van der Waals surface area contributed by atoms with Crippen LogP contribution in [0.15, 0.2) is 29.1 Å². The van der Waals surface area contributed by atoms with Gasteiger partial charge >= 0.3 is 0 Å². The summed E-state index contributed by atoms with van der Waals surface area (Å²) in [5, 5.41) is 2.35. The SMILES string of the molecule is Cc1cc(=O)n(CC(=O)Nc2ccc(F)cc2F)c(N2CCOCC2)n1. The highest BCUT2D eigenvalue weighted by Gasteiger charge is 2.20. The molecule has 9 heteroatoms. The number of ether oxygens (including phenoxy) is 1. The number of rotatable bonds is 4. The third kappa shape index (κ3) is 4.05. The van der Waals surface area contributed by atoms with E-state index in [1.807, 2.05) is 4.90 Å². The average molecular weight is 364 g/mol. The van der Waals surface area contributed by atoms with Gasteiger partial charge in [-0.05, 0) is 19.1 Å². The molecule has 0 bridgehead atoms. The van der Waals surface area contributed by atoms with E-state index in [2.05, 4.69) is 10.3 Å². The van der Waals surface area contributed by atoms with Crippen molar-refractivity contribution >= 4 is 17.5 Å². The topological polar surface area (TPSA) is 76.5 Å². The van der Waals surface area contributed by atoms with Crippen molar-refractivity contribution < 1.29 is 18.3 Å². The lowest BCUT2D eigenvalue weighted by Gasteiger charge is -2.29. The van der Waals surface area contributed by atoms with E-state index in [9.17, 15) is 18.4 Å². The first-order valence-corrected chi connectivity index (χ1v) is 8.10. The van der Waals surface area contributed by atoms with Crippen LogP contribution in [0.4, 0.5) is 20.4 Å². The molecular weight excluding hydrogens is 346 g/mol. The standard InChI is InChI=1S/C17H18F2N4O3/c1-11-8-16(25)23(17(20-11)22-4-6-26-7-5-22)10-15(24)21-14-3-2-12(18)9-13(14)19/h2-3,8-9H,4-7,10H2,1H3,(H,21,24). The van der Waals surface area contributed by atoms with Crippen molar-refractivity contribution in [2.75, 3.05) is 36.5 Å². The number of aryl methyl sites for hydroxylation is 1. The highest BCUT2D eigenvalue weighted by Crippen LogP contribution is 2.16. The number of aromatic nitrogens is 2. The number of hydrogen-bond acceptors (Lipinski definition) is 5. The first-order valence-electron chi connectivity index (χ1n) is 8.10. The largest absolute Gasteiger partial charge is 0.378 e. The molecule has 0 saturated carbocycles. The third-order valence-corrected chi connectivity index (χ3v) is 3.92. The Balaban J connectivity index is 1.84. The molecule has 7 nitrogen and oxygen atoms in total. The minimum atomic E-state index is -0.888. The molecule has 0 spiro atoms. The molecule has 1 aromatic carbocycles. The van der Waals surface area contributed by atoms with Crippen molar-refractivity contribution in [3.8, 4) is 0 Å². The monoisotopic (exact) mass is 364 g/mol. The predicted octanol–water partition coefficient (Wildman–Crippen LogP) is 1.31. The van der Waals surface area contributed by atoms with E-state index in [0.717, 1.165) is 12.1 Å². The summed E-state index contributed by atoms with van der Waals surface area (Å²) >= 11 is 0. The summed E-state index contributed by atoms with van der Waals surface area (Å²) in [6.45, 7) is 3.45. The van der Waals surface area contributed by atoms with Crippen molar-refractivity contribution in [2.45, 2.75) is 13.5 Å². The normalized spacial score (nSPS) is 14.3. The van der Waals surface area contributed by atoms with Gasteiger partial charge in [-0.2, -0.15) is 0 Å².